The van der Waals surface area contributed by atoms with Crippen LogP contribution in [0.15, 0.2) is 17.5 Å². The average Bonchev–Trinajstić information content (AvgIpc) is 2.65. The molecular weight excluding hydrogens is 196 g/mol. The smallest absolute Gasteiger partial charge is 0.240 e. The predicted octanol–water partition coefficient (Wildman–Crippen LogP) is 1.62. The quantitative estimate of drug-likeness (QED) is 0.806. The first kappa shape index (κ1) is 11.2. The summed E-state index contributed by atoms with van der Waals surface area (Å²) >= 11 is 1.58. The molecule has 0 saturated carbocycles. The van der Waals surface area contributed by atoms with Gasteiger partial charge in [0.25, 0.3) is 0 Å². The summed E-state index contributed by atoms with van der Waals surface area (Å²) in [7, 11) is 0. The first-order chi connectivity index (χ1) is 6.70. The van der Waals surface area contributed by atoms with Gasteiger partial charge in [0.05, 0.1) is 0 Å². The van der Waals surface area contributed by atoms with Crippen molar-refractivity contribution in [2.24, 2.45) is 5.73 Å². The molecule has 0 aromatic carbocycles. The van der Waals surface area contributed by atoms with E-state index in [-0.39, 0.29) is 11.9 Å². The molecule has 1 rings (SSSR count). The van der Waals surface area contributed by atoms with Crippen LogP contribution in [-0.4, -0.2) is 23.9 Å². The third-order valence-corrected chi connectivity index (χ3v) is 3.18. The Morgan fingerprint density at radius 2 is 2.21 bits per heavy atom. The van der Waals surface area contributed by atoms with Crippen molar-refractivity contribution in [1.82, 2.24) is 4.90 Å². The fraction of sp³-hybridized carbons (Fsp3) is 0.500. The van der Waals surface area contributed by atoms with Gasteiger partial charge in [0, 0.05) is 4.88 Å². The molecular formula is C10H16N2OS. The standard InChI is InChI=1S/C10H16N2OS/c1-3-12(4-2)9(10(11)13)8-6-5-7-14-8/h5-7,9H,3-4H2,1-2H3,(H2,11,13). The number of nitrogens with zero attached hydrogens (tertiary/aromatic N) is 1. The minimum absolute atomic E-state index is 0.259. The molecule has 0 saturated heterocycles. The molecule has 0 bridgehead atoms. The molecule has 0 radical (unpaired) electrons. The Balaban J connectivity index is 2.89. The highest BCUT2D eigenvalue weighted by molar-refractivity contribution is 7.10. The first-order valence-corrected chi connectivity index (χ1v) is 5.65. The molecule has 14 heavy (non-hydrogen) atoms. The van der Waals surface area contributed by atoms with Crippen molar-refractivity contribution < 1.29 is 4.79 Å². The zero-order chi connectivity index (χ0) is 10.6. The minimum Gasteiger partial charge on any atom is -0.368 e. The number of primary amides is 1. The molecule has 1 atom stereocenters. The zero-order valence-corrected chi connectivity index (χ0v) is 9.38. The van der Waals surface area contributed by atoms with E-state index < -0.39 is 0 Å². The fourth-order valence-electron chi connectivity index (χ4n) is 1.54. The number of carbonyl (C=O) groups is 1. The highest BCUT2D eigenvalue weighted by Gasteiger charge is 2.23. The van der Waals surface area contributed by atoms with Gasteiger partial charge >= 0.3 is 0 Å². The van der Waals surface area contributed by atoms with Crippen molar-refractivity contribution in [2.75, 3.05) is 13.1 Å². The van der Waals surface area contributed by atoms with E-state index in [1.165, 1.54) is 0 Å². The Kier molecular flexibility index (Phi) is 4.10. The zero-order valence-electron chi connectivity index (χ0n) is 8.56. The molecule has 1 aromatic rings. The fourth-order valence-corrected chi connectivity index (χ4v) is 2.40. The summed E-state index contributed by atoms with van der Waals surface area (Å²) in [6.07, 6.45) is 0. The number of likely N-dealkylation sites (N-methyl/N-ethyl adjacent to an activating group) is 1. The van der Waals surface area contributed by atoms with Crippen LogP contribution in [0, 0.1) is 0 Å². The van der Waals surface area contributed by atoms with Gasteiger partial charge in [-0.2, -0.15) is 0 Å². The number of hydrogen-bond acceptors (Lipinski definition) is 3. The van der Waals surface area contributed by atoms with Crippen LogP contribution < -0.4 is 5.73 Å². The SMILES string of the molecule is CCN(CC)C(C(N)=O)c1cccs1. The molecule has 1 heterocycles. The Morgan fingerprint density at radius 1 is 1.57 bits per heavy atom. The van der Waals surface area contributed by atoms with Crippen LogP contribution in [0.25, 0.3) is 0 Å². The van der Waals surface area contributed by atoms with Gasteiger partial charge in [-0.15, -0.1) is 11.3 Å². The van der Waals surface area contributed by atoms with E-state index in [0.29, 0.717) is 0 Å². The van der Waals surface area contributed by atoms with Gasteiger partial charge in [-0.25, -0.2) is 0 Å². The van der Waals surface area contributed by atoms with Gasteiger partial charge in [0.2, 0.25) is 5.91 Å². The largest absolute Gasteiger partial charge is 0.368 e. The van der Waals surface area contributed by atoms with Gasteiger partial charge < -0.3 is 5.73 Å². The molecule has 2 N–H and O–H groups in total. The van der Waals surface area contributed by atoms with Gasteiger partial charge in [-0.05, 0) is 24.5 Å². The summed E-state index contributed by atoms with van der Waals surface area (Å²) in [5.41, 5.74) is 5.41. The van der Waals surface area contributed by atoms with E-state index in [1.807, 2.05) is 31.4 Å². The molecule has 0 aliphatic rings. The van der Waals surface area contributed by atoms with Crippen LogP contribution in [0.1, 0.15) is 24.8 Å². The van der Waals surface area contributed by atoms with Crippen molar-refractivity contribution in [2.45, 2.75) is 19.9 Å². The van der Waals surface area contributed by atoms with Crippen LogP contribution >= 0.6 is 11.3 Å². The predicted molar refractivity (Wildman–Crippen MR) is 59.2 cm³/mol. The molecule has 78 valence electrons. The Morgan fingerprint density at radius 3 is 2.57 bits per heavy atom. The molecule has 1 unspecified atom stereocenters. The van der Waals surface area contributed by atoms with Crippen LogP contribution in [-0.2, 0) is 4.79 Å². The van der Waals surface area contributed by atoms with Crippen molar-refractivity contribution in [1.29, 1.82) is 0 Å². The molecule has 1 amide bonds. The second-order valence-corrected chi connectivity index (χ2v) is 4.02. The third-order valence-electron chi connectivity index (χ3n) is 2.26. The maximum atomic E-state index is 11.3. The second kappa shape index (κ2) is 5.12. The monoisotopic (exact) mass is 212 g/mol. The van der Waals surface area contributed by atoms with E-state index in [1.54, 1.807) is 11.3 Å². The molecule has 0 spiro atoms. The van der Waals surface area contributed by atoms with Crippen LogP contribution in [0.4, 0.5) is 0 Å². The van der Waals surface area contributed by atoms with Crippen molar-refractivity contribution >= 4 is 17.2 Å². The lowest BCUT2D eigenvalue weighted by atomic mass is 10.2. The second-order valence-electron chi connectivity index (χ2n) is 3.04. The summed E-state index contributed by atoms with van der Waals surface area (Å²) in [6.45, 7) is 5.74. The van der Waals surface area contributed by atoms with E-state index in [2.05, 4.69) is 4.90 Å². The third kappa shape index (κ3) is 2.33. The lowest BCUT2D eigenvalue weighted by molar-refractivity contribution is -0.123. The number of amides is 1. The van der Waals surface area contributed by atoms with Crippen molar-refractivity contribution in [3.63, 3.8) is 0 Å². The van der Waals surface area contributed by atoms with E-state index >= 15 is 0 Å². The molecule has 3 nitrogen and oxygen atoms in total. The Bertz CT molecular complexity index is 280. The van der Waals surface area contributed by atoms with Crippen molar-refractivity contribution in [3.8, 4) is 0 Å². The number of rotatable bonds is 5. The summed E-state index contributed by atoms with van der Waals surface area (Å²) in [6, 6.07) is 3.64. The number of hydrogen-bond donors (Lipinski definition) is 1. The highest BCUT2D eigenvalue weighted by atomic mass is 32.1. The Labute approximate surface area is 88.5 Å². The summed E-state index contributed by atoms with van der Waals surface area (Å²) < 4.78 is 0. The maximum Gasteiger partial charge on any atom is 0.240 e. The van der Waals surface area contributed by atoms with E-state index in [4.69, 9.17) is 5.73 Å². The highest BCUT2D eigenvalue weighted by Crippen LogP contribution is 2.24. The molecule has 0 aliphatic heterocycles. The van der Waals surface area contributed by atoms with Crippen LogP contribution in [0.3, 0.4) is 0 Å². The number of carbonyl (C=O) groups excluding carboxylic acids is 1. The molecule has 0 fully saturated rings. The van der Waals surface area contributed by atoms with Gasteiger partial charge in [-0.3, -0.25) is 9.69 Å². The lowest BCUT2D eigenvalue weighted by Crippen LogP contribution is -2.37. The van der Waals surface area contributed by atoms with E-state index in [0.717, 1.165) is 18.0 Å². The average molecular weight is 212 g/mol. The van der Waals surface area contributed by atoms with Crippen LogP contribution in [0.5, 0.6) is 0 Å². The molecule has 0 aliphatic carbocycles. The first-order valence-electron chi connectivity index (χ1n) is 4.77. The molecule has 4 heteroatoms. The number of thiophene rings is 1. The van der Waals surface area contributed by atoms with E-state index in [9.17, 15) is 4.79 Å². The van der Waals surface area contributed by atoms with Crippen molar-refractivity contribution in [3.05, 3.63) is 22.4 Å². The lowest BCUT2D eigenvalue weighted by Gasteiger charge is -2.25. The maximum absolute atomic E-state index is 11.3. The summed E-state index contributed by atoms with van der Waals surface area (Å²) in [5.74, 6) is -0.267. The summed E-state index contributed by atoms with van der Waals surface area (Å²) in [5, 5.41) is 1.97. The van der Waals surface area contributed by atoms with Gasteiger partial charge in [0.15, 0.2) is 0 Å². The molecule has 1 aromatic heterocycles. The number of nitrogens with two attached hydrogens (primary N) is 1. The Hall–Kier alpha value is -0.870. The summed E-state index contributed by atoms with van der Waals surface area (Å²) in [4.78, 5) is 14.4. The van der Waals surface area contributed by atoms with Crippen LogP contribution in [0.2, 0.25) is 0 Å². The normalized spacial score (nSPS) is 13.1. The topological polar surface area (TPSA) is 46.3 Å². The van der Waals surface area contributed by atoms with Gasteiger partial charge in [0.1, 0.15) is 6.04 Å². The minimum atomic E-state index is -0.267. The van der Waals surface area contributed by atoms with Gasteiger partial charge in [-0.1, -0.05) is 19.9 Å².